The molecule has 0 spiro atoms. The van der Waals surface area contributed by atoms with E-state index in [1.807, 2.05) is 20.8 Å². The number of nitrogens with zero attached hydrogens (tertiary/aromatic N) is 1. The van der Waals surface area contributed by atoms with Crippen LogP contribution >= 0.6 is 11.6 Å². The van der Waals surface area contributed by atoms with Gasteiger partial charge in [0.2, 0.25) is 5.82 Å². The van der Waals surface area contributed by atoms with E-state index in [2.05, 4.69) is 0 Å². The van der Waals surface area contributed by atoms with Crippen molar-refractivity contribution < 1.29 is 9.31 Å². The standard InChI is InChI=1S/C13H17ClFNO2/c1-13(2,3)11(14)8-7-9-5-4-6-10(12(9)15)16(17)18/h4-6,11H,7-8H2,1-3H3. The molecule has 0 amide bonds. The second-order valence-electron chi connectivity index (χ2n) is 5.38. The predicted molar refractivity (Wildman–Crippen MR) is 70.5 cm³/mol. The molecule has 0 aliphatic carbocycles. The topological polar surface area (TPSA) is 43.1 Å². The highest BCUT2D eigenvalue weighted by atomic mass is 35.5. The Bertz CT molecular complexity index is 443. The van der Waals surface area contributed by atoms with Crippen LogP contribution in [0.5, 0.6) is 0 Å². The normalized spacial score (nSPS) is 13.4. The summed E-state index contributed by atoms with van der Waals surface area (Å²) in [4.78, 5) is 9.90. The molecule has 0 N–H and O–H groups in total. The van der Waals surface area contributed by atoms with Crippen LogP contribution in [0.1, 0.15) is 32.8 Å². The number of nitro groups is 1. The Morgan fingerprint density at radius 2 is 2.06 bits per heavy atom. The van der Waals surface area contributed by atoms with Crippen LogP contribution in [-0.2, 0) is 6.42 Å². The molecule has 0 heterocycles. The van der Waals surface area contributed by atoms with Gasteiger partial charge >= 0.3 is 5.69 Å². The first kappa shape index (κ1) is 14.9. The minimum absolute atomic E-state index is 0.0707. The average molecular weight is 274 g/mol. The summed E-state index contributed by atoms with van der Waals surface area (Å²) in [6, 6.07) is 4.23. The summed E-state index contributed by atoms with van der Waals surface area (Å²) in [5.41, 5.74) is -0.202. The molecular weight excluding hydrogens is 257 g/mol. The number of alkyl halides is 1. The van der Waals surface area contributed by atoms with Crippen molar-refractivity contribution in [2.24, 2.45) is 5.41 Å². The molecule has 1 aromatic rings. The molecule has 100 valence electrons. The minimum Gasteiger partial charge on any atom is -0.258 e. The summed E-state index contributed by atoms with van der Waals surface area (Å²) in [5, 5.41) is 10.5. The molecule has 1 atom stereocenters. The monoisotopic (exact) mass is 273 g/mol. The summed E-state index contributed by atoms with van der Waals surface area (Å²) < 4.78 is 13.8. The first-order valence-electron chi connectivity index (χ1n) is 5.79. The molecule has 5 heteroatoms. The van der Waals surface area contributed by atoms with Crippen molar-refractivity contribution in [1.82, 2.24) is 0 Å². The molecule has 0 fully saturated rings. The molecule has 0 radical (unpaired) electrons. The predicted octanol–water partition coefficient (Wildman–Crippen LogP) is 4.32. The first-order chi connectivity index (χ1) is 8.23. The van der Waals surface area contributed by atoms with Crippen LogP contribution in [0.25, 0.3) is 0 Å². The molecule has 3 nitrogen and oxygen atoms in total. The van der Waals surface area contributed by atoms with Crippen molar-refractivity contribution in [3.8, 4) is 0 Å². The summed E-state index contributed by atoms with van der Waals surface area (Å²) >= 11 is 6.21. The third-order valence-corrected chi connectivity index (χ3v) is 3.73. The largest absolute Gasteiger partial charge is 0.305 e. The van der Waals surface area contributed by atoms with Crippen LogP contribution in [0, 0.1) is 21.3 Å². The number of halogens is 2. The molecule has 0 aromatic heterocycles. The number of benzene rings is 1. The average Bonchev–Trinajstić information content (AvgIpc) is 2.25. The van der Waals surface area contributed by atoms with Crippen molar-refractivity contribution in [3.05, 3.63) is 39.7 Å². The second kappa shape index (κ2) is 5.65. The van der Waals surface area contributed by atoms with Crippen molar-refractivity contribution >= 4 is 17.3 Å². The molecular formula is C13H17ClFNO2. The molecule has 0 aliphatic heterocycles. The third-order valence-electron chi connectivity index (χ3n) is 2.86. The Hall–Kier alpha value is -1.16. The van der Waals surface area contributed by atoms with Gasteiger partial charge in [0.15, 0.2) is 0 Å². The molecule has 0 saturated heterocycles. The lowest BCUT2D eigenvalue weighted by Crippen LogP contribution is -2.21. The maximum Gasteiger partial charge on any atom is 0.305 e. The highest BCUT2D eigenvalue weighted by Crippen LogP contribution is 2.29. The zero-order chi connectivity index (χ0) is 13.9. The van der Waals surface area contributed by atoms with Gasteiger partial charge in [-0.25, -0.2) is 0 Å². The highest BCUT2D eigenvalue weighted by molar-refractivity contribution is 6.21. The highest BCUT2D eigenvalue weighted by Gasteiger charge is 2.23. The van der Waals surface area contributed by atoms with E-state index < -0.39 is 16.4 Å². The molecule has 0 saturated carbocycles. The number of hydrogen-bond donors (Lipinski definition) is 0. The molecule has 18 heavy (non-hydrogen) atoms. The van der Waals surface area contributed by atoms with Gasteiger partial charge in [-0.1, -0.05) is 32.9 Å². The Balaban J connectivity index is 2.81. The van der Waals surface area contributed by atoms with Crippen LogP contribution in [-0.4, -0.2) is 10.3 Å². The van der Waals surface area contributed by atoms with Gasteiger partial charge in [-0.2, -0.15) is 4.39 Å². The first-order valence-corrected chi connectivity index (χ1v) is 6.23. The van der Waals surface area contributed by atoms with E-state index in [9.17, 15) is 14.5 Å². The third kappa shape index (κ3) is 3.67. The van der Waals surface area contributed by atoms with E-state index in [1.165, 1.54) is 12.1 Å². The SMILES string of the molecule is CC(C)(C)C(Cl)CCc1cccc([N+](=O)[O-])c1F. The second-order valence-corrected chi connectivity index (χ2v) is 5.91. The van der Waals surface area contributed by atoms with Gasteiger partial charge in [0.1, 0.15) is 0 Å². The fourth-order valence-electron chi connectivity index (χ4n) is 1.62. The number of rotatable bonds is 4. The molecule has 1 unspecified atom stereocenters. The fraction of sp³-hybridized carbons (Fsp3) is 0.538. The van der Waals surface area contributed by atoms with Gasteiger partial charge in [-0.3, -0.25) is 10.1 Å². The lowest BCUT2D eigenvalue weighted by molar-refractivity contribution is -0.387. The zero-order valence-electron chi connectivity index (χ0n) is 10.7. The molecule has 0 aliphatic rings. The summed E-state index contributed by atoms with van der Waals surface area (Å²) in [6.45, 7) is 6.03. The molecule has 1 rings (SSSR count). The van der Waals surface area contributed by atoms with Crippen molar-refractivity contribution in [1.29, 1.82) is 0 Å². The van der Waals surface area contributed by atoms with Crippen molar-refractivity contribution in [2.45, 2.75) is 39.0 Å². The smallest absolute Gasteiger partial charge is 0.258 e. The van der Waals surface area contributed by atoms with E-state index in [0.29, 0.717) is 18.4 Å². The van der Waals surface area contributed by atoms with Gasteiger partial charge in [0.25, 0.3) is 0 Å². The van der Waals surface area contributed by atoms with Crippen molar-refractivity contribution in [2.75, 3.05) is 0 Å². The van der Waals surface area contributed by atoms with Gasteiger partial charge in [-0.15, -0.1) is 11.6 Å². The summed E-state index contributed by atoms with van der Waals surface area (Å²) in [6.07, 6.45) is 0.988. The number of aryl methyl sites for hydroxylation is 1. The maximum absolute atomic E-state index is 13.8. The van der Waals surface area contributed by atoms with Crippen LogP contribution in [0.15, 0.2) is 18.2 Å². The van der Waals surface area contributed by atoms with Crippen molar-refractivity contribution in [3.63, 3.8) is 0 Å². The van der Waals surface area contributed by atoms with Crippen LogP contribution < -0.4 is 0 Å². The van der Waals surface area contributed by atoms with Gasteiger partial charge in [-0.05, 0) is 23.8 Å². The zero-order valence-corrected chi connectivity index (χ0v) is 11.5. The van der Waals surface area contributed by atoms with Crippen LogP contribution in [0.3, 0.4) is 0 Å². The quantitative estimate of drug-likeness (QED) is 0.466. The lowest BCUT2D eigenvalue weighted by Gasteiger charge is -2.25. The number of hydrogen-bond acceptors (Lipinski definition) is 2. The van der Waals surface area contributed by atoms with E-state index in [1.54, 1.807) is 6.07 Å². The van der Waals surface area contributed by atoms with Gasteiger partial charge in [0, 0.05) is 11.4 Å². The molecule has 1 aromatic carbocycles. The number of nitro benzene ring substituents is 1. The van der Waals surface area contributed by atoms with E-state index in [0.717, 1.165) is 0 Å². The Kier molecular flexibility index (Phi) is 4.68. The van der Waals surface area contributed by atoms with E-state index in [4.69, 9.17) is 11.6 Å². The van der Waals surface area contributed by atoms with Crippen LogP contribution in [0.4, 0.5) is 10.1 Å². The maximum atomic E-state index is 13.8. The summed E-state index contributed by atoms with van der Waals surface area (Å²) in [5.74, 6) is -0.750. The Morgan fingerprint density at radius 1 is 1.44 bits per heavy atom. The van der Waals surface area contributed by atoms with E-state index in [-0.39, 0.29) is 10.8 Å². The summed E-state index contributed by atoms with van der Waals surface area (Å²) in [7, 11) is 0. The molecule has 0 bridgehead atoms. The van der Waals surface area contributed by atoms with Crippen LogP contribution in [0.2, 0.25) is 0 Å². The lowest BCUT2D eigenvalue weighted by atomic mass is 9.88. The Morgan fingerprint density at radius 3 is 2.56 bits per heavy atom. The Labute approximate surface area is 111 Å². The minimum atomic E-state index is -0.750. The van der Waals surface area contributed by atoms with E-state index >= 15 is 0 Å². The van der Waals surface area contributed by atoms with Gasteiger partial charge < -0.3 is 0 Å². The van der Waals surface area contributed by atoms with Gasteiger partial charge in [0.05, 0.1) is 4.92 Å². The fourth-order valence-corrected chi connectivity index (χ4v) is 1.72.